The third-order valence-corrected chi connectivity index (χ3v) is 4.13. The number of nitrogens with one attached hydrogen (secondary N) is 1. The molecule has 0 bridgehead atoms. The van der Waals surface area contributed by atoms with Gasteiger partial charge in [0.15, 0.2) is 0 Å². The number of nitrogens with zero attached hydrogens (tertiary/aromatic N) is 2. The Morgan fingerprint density at radius 2 is 1.46 bits per heavy atom. The fraction of sp³-hybridized carbons (Fsp3) is 0.190. The van der Waals surface area contributed by atoms with Crippen molar-refractivity contribution in [2.75, 3.05) is 0 Å². The van der Waals surface area contributed by atoms with Crippen molar-refractivity contribution in [2.45, 2.75) is 26.9 Å². The lowest BCUT2D eigenvalue weighted by molar-refractivity contribution is 0.0943. The summed E-state index contributed by atoms with van der Waals surface area (Å²) in [7, 11) is 0. The summed E-state index contributed by atoms with van der Waals surface area (Å²) in [5, 5.41) is 7.04. The molecule has 0 saturated heterocycles. The molecule has 0 unspecified atom stereocenters. The first-order valence-corrected chi connectivity index (χ1v) is 8.49. The van der Waals surface area contributed by atoms with Gasteiger partial charge in [0, 0.05) is 12.6 Å². The van der Waals surface area contributed by atoms with Crippen molar-refractivity contribution < 1.29 is 4.79 Å². The highest BCUT2D eigenvalue weighted by atomic mass is 16.2. The van der Waals surface area contributed by atoms with Crippen LogP contribution >= 0.6 is 0 Å². The van der Waals surface area contributed by atoms with Gasteiger partial charge in [-0.25, -0.2) is 4.68 Å². The SMILES string of the molecule is Cc1ccc(CNC(=O)c2ccc(=O)n(Cc3ccc(C)cc3)n2)cc1. The number of amides is 1. The molecule has 0 saturated carbocycles. The average molecular weight is 347 g/mol. The van der Waals surface area contributed by atoms with Gasteiger partial charge in [-0.05, 0) is 31.0 Å². The highest BCUT2D eigenvalue weighted by Crippen LogP contribution is 2.05. The highest BCUT2D eigenvalue weighted by molar-refractivity contribution is 5.91. The van der Waals surface area contributed by atoms with Gasteiger partial charge in [0.2, 0.25) is 0 Å². The maximum atomic E-state index is 12.4. The Hall–Kier alpha value is -3.21. The molecule has 1 aromatic heterocycles. The highest BCUT2D eigenvalue weighted by Gasteiger charge is 2.10. The second-order valence-electron chi connectivity index (χ2n) is 6.37. The number of carbonyl (C=O) groups excluding carboxylic acids is 1. The zero-order valence-corrected chi connectivity index (χ0v) is 14.9. The second-order valence-corrected chi connectivity index (χ2v) is 6.37. The molecule has 132 valence electrons. The third-order valence-electron chi connectivity index (χ3n) is 4.13. The van der Waals surface area contributed by atoms with Crippen LogP contribution in [0.2, 0.25) is 0 Å². The van der Waals surface area contributed by atoms with Crippen molar-refractivity contribution in [1.29, 1.82) is 0 Å². The van der Waals surface area contributed by atoms with Crippen molar-refractivity contribution in [1.82, 2.24) is 15.1 Å². The number of benzene rings is 2. The molecular weight excluding hydrogens is 326 g/mol. The summed E-state index contributed by atoms with van der Waals surface area (Å²) < 4.78 is 1.31. The van der Waals surface area contributed by atoms with Crippen molar-refractivity contribution >= 4 is 5.91 Å². The first kappa shape index (κ1) is 17.6. The fourth-order valence-corrected chi connectivity index (χ4v) is 2.53. The van der Waals surface area contributed by atoms with Gasteiger partial charge in [0.25, 0.3) is 11.5 Å². The van der Waals surface area contributed by atoms with Crippen molar-refractivity contribution in [3.63, 3.8) is 0 Å². The summed E-state index contributed by atoms with van der Waals surface area (Å²) in [6.45, 7) is 4.77. The van der Waals surface area contributed by atoms with Crippen LogP contribution in [0.5, 0.6) is 0 Å². The molecule has 2 aromatic carbocycles. The van der Waals surface area contributed by atoms with Gasteiger partial charge in [-0.15, -0.1) is 0 Å². The van der Waals surface area contributed by atoms with E-state index in [0.29, 0.717) is 13.1 Å². The van der Waals surface area contributed by atoms with Crippen molar-refractivity contribution in [3.8, 4) is 0 Å². The molecule has 0 spiro atoms. The van der Waals surface area contributed by atoms with Crippen LogP contribution in [0, 0.1) is 13.8 Å². The van der Waals surface area contributed by atoms with Gasteiger partial charge in [0.1, 0.15) is 5.69 Å². The summed E-state index contributed by atoms with van der Waals surface area (Å²) in [6.07, 6.45) is 0. The van der Waals surface area contributed by atoms with E-state index in [0.717, 1.165) is 16.7 Å². The van der Waals surface area contributed by atoms with Crippen LogP contribution in [0.1, 0.15) is 32.7 Å². The van der Waals surface area contributed by atoms with Gasteiger partial charge < -0.3 is 5.32 Å². The lowest BCUT2D eigenvalue weighted by atomic mass is 10.1. The molecule has 5 nitrogen and oxygen atoms in total. The molecule has 3 aromatic rings. The second kappa shape index (κ2) is 7.78. The number of aromatic nitrogens is 2. The van der Waals surface area contributed by atoms with Crippen molar-refractivity contribution in [2.24, 2.45) is 0 Å². The Kier molecular flexibility index (Phi) is 5.27. The van der Waals surface area contributed by atoms with Crippen LogP contribution in [-0.2, 0) is 13.1 Å². The topological polar surface area (TPSA) is 64.0 Å². The van der Waals surface area contributed by atoms with E-state index in [4.69, 9.17) is 0 Å². The molecule has 0 fully saturated rings. The van der Waals surface area contributed by atoms with E-state index in [1.807, 2.05) is 62.4 Å². The maximum Gasteiger partial charge on any atom is 0.271 e. The van der Waals surface area contributed by atoms with Gasteiger partial charge in [-0.1, -0.05) is 59.7 Å². The summed E-state index contributed by atoms with van der Waals surface area (Å²) in [5.74, 6) is -0.303. The molecule has 26 heavy (non-hydrogen) atoms. The average Bonchev–Trinajstić information content (AvgIpc) is 2.64. The standard InChI is InChI=1S/C21H21N3O2/c1-15-3-7-17(8-4-15)13-22-21(26)19-11-12-20(25)24(23-19)14-18-9-5-16(2)6-10-18/h3-12H,13-14H2,1-2H3,(H,22,26). The Morgan fingerprint density at radius 1 is 0.885 bits per heavy atom. The van der Waals surface area contributed by atoms with E-state index in [-0.39, 0.29) is 17.2 Å². The van der Waals surface area contributed by atoms with Crippen LogP contribution in [0.25, 0.3) is 0 Å². The molecule has 0 aliphatic carbocycles. The molecule has 5 heteroatoms. The zero-order valence-electron chi connectivity index (χ0n) is 14.9. The van der Waals surface area contributed by atoms with Crippen LogP contribution in [0.4, 0.5) is 0 Å². The maximum absolute atomic E-state index is 12.4. The summed E-state index contributed by atoms with van der Waals surface area (Å²) in [4.78, 5) is 24.4. The van der Waals surface area contributed by atoms with E-state index in [2.05, 4.69) is 10.4 Å². The summed E-state index contributed by atoms with van der Waals surface area (Å²) >= 11 is 0. The quantitative estimate of drug-likeness (QED) is 0.772. The summed E-state index contributed by atoms with van der Waals surface area (Å²) in [5.41, 5.74) is 4.28. The van der Waals surface area contributed by atoms with E-state index >= 15 is 0 Å². The third kappa shape index (κ3) is 4.45. The van der Waals surface area contributed by atoms with Gasteiger partial charge in [-0.2, -0.15) is 5.10 Å². The molecular formula is C21H21N3O2. The molecule has 3 rings (SSSR count). The van der Waals surface area contributed by atoms with E-state index in [9.17, 15) is 9.59 Å². The van der Waals surface area contributed by atoms with Gasteiger partial charge in [-0.3, -0.25) is 9.59 Å². The predicted octanol–water partition coefficient (Wildman–Crippen LogP) is 2.84. The number of carbonyl (C=O) groups is 1. The first-order valence-electron chi connectivity index (χ1n) is 8.49. The van der Waals surface area contributed by atoms with Crippen LogP contribution in [0.3, 0.4) is 0 Å². The number of aryl methyl sites for hydroxylation is 2. The van der Waals surface area contributed by atoms with E-state index in [1.54, 1.807) is 0 Å². The van der Waals surface area contributed by atoms with Crippen LogP contribution in [-0.4, -0.2) is 15.7 Å². The molecule has 0 atom stereocenters. The Balaban J connectivity index is 1.71. The Bertz CT molecular complexity index is 958. The minimum Gasteiger partial charge on any atom is -0.347 e. The summed E-state index contributed by atoms with van der Waals surface area (Å²) in [6, 6.07) is 18.7. The molecule has 1 amide bonds. The molecule has 0 aliphatic rings. The number of hydrogen-bond donors (Lipinski definition) is 1. The van der Waals surface area contributed by atoms with Gasteiger partial charge in [0.05, 0.1) is 6.54 Å². The Morgan fingerprint density at radius 3 is 2.08 bits per heavy atom. The fourth-order valence-electron chi connectivity index (χ4n) is 2.53. The largest absolute Gasteiger partial charge is 0.347 e. The minimum absolute atomic E-state index is 0.226. The number of rotatable bonds is 5. The Labute approximate surface area is 152 Å². The molecule has 0 radical (unpaired) electrons. The van der Waals surface area contributed by atoms with Crippen LogP contribution < -0.4 is 10.9 Å². The van der Waals surface area contributed by atoms with E-state index in [1.165, 1.54) is 22.4 Å². The predicted molar refractivity (Wildman–Crippen MR) is 101 cm³/mol. The first-order chi connectivity index (χ1) is 12.5. The minimum atomic E-state index is -0.303. The van der Waals surface area contributed by atoms with E-state index < -0.39 is 0 Å². The zero-order chi connectivity index (χ0) is 18.5. The van der Waals surface area contributed by atoms with Crippen molar-refractivity contribution in [3.05, 3.63) is 99.0 Å². The number of hydrogen-bond acceptors (Lipinski definition) is 3. The lowest BCUT2D eigenvalue weighted by Gasteiger charge is -2.08. The monoisotopic (exact) mass is 347 g/mol. The normalized spacial score (nSPS) is 10.5. The molecule has 1 N–H and O–H groups in total. The smallest absolute Gasteiger partial charge is 0.271 e. The lowest BCUT2D eigenvalue weighted by Crippen LogP contribution is -2.29. The van der Waals surface area contributed by atoms with Crippen LogP contribution in [0.15, 0.2) is 65.5 Å². The molecule has 0 aliphatic heterocycles. The molecule has 1 heterocycles. The van der Waals surface area contributed by atoms with Gasteiger partial charge >= 0.3 is 0 Å².